The minimum atomic E-state index is -3.83. The van der Waals surface area contributed by atoms with E-state index in [0.29, 0.717) is 49.9 Å². The molecule has 0 bridgehead atoms. The van der Waals surface area contributed by atoms with Crippen LogP contribution in [0.4, 0.5) is 5.69 Å². The molecular formula is C40H51N5O6S. The molecule has 3 aromatic rings. The van der Waals surface area contributed by atoms with Crippen LogP contribution in [0.2, 0.25) is 0 Å². The fraction of sp³-hybridized carbons (Fsp3) is 0.525. The molecule has 7 rings (SSSR count). The first-order valence-corrected chi connectivity index (χ1v) is 20.2. The Kier molecular flexibility index (Phi) is 9.99. The number of morpholine rings is 1. The number of nitrogens with one attached hydrogen (secondary N) is 1. The van der Waals surface area contributed by atoms with Gasteiger partial charge in [-0.3, -0.25) is 14.3 Å². The van der Waals surface area contributed by atoms with E-state index >= 15 is 0 Å². The average Bonchev–Trinajstić information content (AvgIpc) is 3.59. The molecule has 278 valence electrons. The third-order valence-corrected chi connectivity index (χ3v) is 13.1. The maximum atomic E-state index is 14.5. The zero-order valence-electron chi connectivity index (χ0n) is 31.1. The number of carbonyl (C=O) groups excluding carboxylic acids is 2. The van der Waals surface area contributed by atoms with Crippen molar-refractivity contribution in [2.24, 2.45) is 13.0 Å². The predicted octanol–water partition coefficient (Wildman–Crippen LogP) is 6.27. The van der Waals surface area contributed by atoms with E-state index in [0.717, 1.165) is 52.4 Å². The van der Waals surface area contributed by atoms with Gasteiger partial charge in [0.25, 0.3) is 11.8 Å². The Hall–Kier alpha value is -4.16. The molecule has 0 spiro atoms. The maximum Gasteiger partial charge on any atom is 0.264 e. The number of rotatable bonds is 8. The topological polar surface area (TPSA) is 123 Å². The van der Waals surface area contributed by atoms with Gasteiger partial charge in [-0.2, -0.15) is 5.10 Å². The monoisotopic (exact) mass is 729 g/mol. The number of hydrogen-bond donors (Lipinski definition) is 1. The molecule has 4 aliphatic rings. The van der Waals surface area contributed by atoms with E-state index in [-0.39, 0.29) is 23.8 Å². The summed E-state index contributed by atoms with van der Waals surface area (Å²) in [6, 6.07) is 11.9. The molecule has 2 unspecified atom stereocenters. The van der Waals surface area contributed by atoms with Gasteiger partial charge in [-0.25, -0.2) is 13.1 Å². The van der Waals surface area contributed by atoms with Crippen LogP contribution in [0.1, 0.15) is 126 Å². The molecule has 1 aromatic heterocycles. The quantitative estimate of drug-likeness (QED) is 0.288. The van der Waals surface area contributed by atoms with Crippen LogP contribution in [0.25, 0.3) is 11.6 Å². The van der Waals surface area contributed by atoms with Crippen molar-refractivity contribution in [3.05, 3.63) is 75.6 Å². The summed E-state index contributed by atoms with van der Waals surface area (Å²) in [6.45, 7) is 9.72. The molecule has 1 N–H and O–H groups in total. The van der Waals surface area contributed by atoms with Crippen LogP contribution in [0.3, 0.4) is 0 Å². The number of methoxy groups -OCH3 is 1. The SMILES string of the molecule is COc1ccc2c(c1)C=C(c1c(C(=O)N3CCOCC3)c(C(C)C)nn1C)CN1c3cc(C(=O)NS(=O)(=O)C(C)C)ccc3C(C3CCCCC3)C21. The summed E-state index contributed by atoms with van der Waals surface area (Å²) in [4.78, 5) is 32.2. The lowest BCUT2D eigenvalue weighted by molar-refractivity contribution is 0.0301. The van der Waals surface area contributed by atoms with Gasteiger partial charge in [0, 0.05) is 43.9 Å². The van der Waals surface area contributed by atoms with Crippen molar-refractivity contribution in [1.82, 2.24) is 19.4 Å². The van der Waals surface area contributed by atoms with Gasteiger partial charge in [0.2, 0.25) is 10.0 Å². The number of amides is 2. The van der Waals surface area contributed by atoms with Crippen molar-refractivity contribution >= 4 is 39.2 Å². The number of fused-ring (bicyclic) bond motifs is 5. The van der Waals surface area contributed by atoms with Gasteiger partial charge in [0.1, 0.15) is 5.75 Å². The summed E-state index contributed by atoms with van der Waals surface area (Å²) < 4.78 is 41.0. The molecule has 2 atom stereocenters. The molecule has 1 aliphatic carbocycles. The molecule has 2 fully saturated rings. The number of aromatic nitrogens is 2. The van der Waals surface area contributed by atoms with E-state index in [2.05, 4.69) is 41.7 Å². The number of nitrogens with zero attached hydrogens (tertiary/aromatic N) is 4. The van der Waals surface area contributed by atoms with Crippen molar-refractivity contribution in [2.75, 3.05) is 44.9 Å². The fourth-order valence-electron chi connectivity index (χ4n) is 8.67. The molecule has 4 heterocycles. The number of anilines is 1. The molecule has 1 saturated carbocycles. The first-order chi connectivity index (χ1) is 24.9. The molecule has 52 heavy (non-hydrogen) atoms. The number of benzene rings is 2. The second-order valence-electron chi connectivity index (χ2n) is 15.3. The number of carbonyl (C=O) groups is 2. The van der Waals surface area contributed by atoms with E-state index < -0.39 is 21.2 Å². The minimum Gasteiger partial charge on any atom is -0.497 e. The minimum absolute atomic E-state index is 0.0119. The van der Waals surface area contributed by atoms with Gasteiger partial charge in [-0.15, -0.1) is 0 Å². The Morgan fingerprint density at radius 2 is 1.69 bits per heavy atom. The normalized spacial score (nSPS) is 20.7. The Morgan fingerprint density at radius 1 is 0.981 bits per heavy atom. The molecule has 3 aliphatic heterocycles. The van der Waals surface area contributed by atoms with Gasteiger partial charge >= 0.3 is 0 Å². The number of sulfonamides is 1. The highest BCUT2D eigenvalue weighted by atomic mass is 32.2. The van der Waals surface area contributed by atoms with E-state index in [1.165, 1.54) is 24.8 Å². The van der Waals surface area contributed by atoms with E-state index in [1.807, 2.05) is 34.8 Å². The largest absolute Gasteiger partial charge is 0.497 e. The van der Waals surface area contributed by atoms with Gasteiger partial charge in [-0.05, 0) is 91.1 Å². The zero-order chi connectivity index (χ0) is 36.9. The summed E-state index contributed by atoms with van der Waals surface area (Å²) in [5.41, 5.74) is 7.63. The summed E-state index contributed by atoms with van der Waals surface area (Å²) in [5.74, 6) is 0.654. The third-order valence-electron chi connectivity index (χ3n) is 11.4. The summed E-state index contributed by atoms with van der Waals surface area (Å²) in [6.07, 6.45) is 8.01. The first-order valence-electron chi connectivity index (χ1n) is 18.7. The third kappa shape index (κ3) is 6.53. The zero-order valence-corrected chi connectivity index (χ0v) is 32.0. The van der Waals surface area contributed by atoms with Crippen LogP contribution >= 0.6 is 0 Å². The lowest BCUT2D eigenvalue weighted by Crippen LogP contribution is -2.41. The summed E-state index contributed by atoms with van der Waals surface area (Å²) >= 11 is 0. The fourth-order valence-corrected chi connectivity index (χ4v) is 9.28. The standard InChI is InChI=1S/C40H51N5O6S/c1-24(2)36-35(40(47)44-16-18-51-19-17-44)37(43(5)41-36)29-20-28-21-30(50-6)13-15-31(28)38-34(26-10-8-7-9-11-26)32-14-12-27(22-33(32)45(38)23-29)39(46)42-52(48,49)25(3)4/h12-15,20-22,24-26,34,38H,7-11,16-19,23H2,1-6H3,(H,42,46). The Morgan fingerprint density at radius 3 is 2.37 bits per heavy atom. The lowest BCUT2D eigenvalue weighted by atomic mass is 9.73. The maximum absolute atomic E-state index is 14.5. The van der Waals surface area contributed by atoms with Gasteiger partial charge in [0.05, 0.1) is 48.6 Å². The van der Waals surface area contributed by atoms with Crippen LogP contribution in [-0.4, -0.2) is 80.1 Å². The van der Waals surface area contributed by atoms with Gasteiger partial charge < -0.3 is 19.3 Å². The van der Waals surface area contributed by atoms with Gasteiger partial charge in [-0.1, -0.05) is 45.2 Å². The van der Waals surface area contributed by atoms with Gasteiger partial charge in [0.15, 0.2) is 0 Å². The van der Waals surface area contributed by atoms with Crippen molar-refractivity contribution in [3.8, 4) is 5.75 Å². The number of ether oxygens (including phenoxy) is 2. The average molecular weight is 730 g/mol. The number of aryl methyl sites for hydroxylation is 1. The molecule has 11 nitrogen and oxygen atoms in total. The van der Waals surface area contributed by atoms with Crippen molar-refractivity contribution < 1.29 is 27.5 Å². The van der Waals surface area contributed by atoms with E-state index in [9.17, 15) is 18.0 Å². The molecular weight excluding hydrogens is 679 g/mol. The van der Waals surface area contributed by atoms with Crippen LogP contribution < -0.4 is 14.4 Å². The van der Waals surface area contributed by atoms with E-state index in [4.69, 9.17) is 14.6 Å². The highest BCUT2D eigenvalue weighted by Gasteiger charge is 2.46. The predicted molar refractivity (Wildman–Crippen MR) is 202 cm³/mol. The summed E-state index contributed by atoms with van der Waals surface area (Å²) in [5, 5.41) is 4.22. The van der Waals surface area contributed by atoms with Crippen molar-refractivity contribution in [3.63, 3.8) is 0 Å². The Balaban J connectivity index is 1.41. The number of hydrogen-bond acceptors (Lipinski definition) is 8. The van der Waals surface area contributed by atoms with Crippen LogP contribution in [0, 0.1) is 5.92 Å². The lowest BCUT2D eigenvalue weighted by Gasteiger charge is -2.36. The highest BCUT2D eigenvalue weighted by Crippen LogP contribution is 2.57. The Bertz CT molecular complexity index is 2010. The second kappa shape index (κ2) is 14.3. The molecule has 2 aromatic carbocycles. The van der Waals surface area contributed by atoms with Crippen LogP contribution in [0.5, 0.6) is 5.75 Å². The van der Waals surface area contributed by atoms with Crippen molar-refractivity contribution in [2.45, 2.75) is 82.9 Å². The Labute approximate surface area is 307 Å². The van der Waals surface area contributed by atoms with Crippen LogP contribution in [0.15, 0.2) is 36.4 Å². The molecule has 1 saturated heterocycles. The van der Waals surface area contributed by atoms with Crippen molar-refractivity contribution in [1.29, 1.82) is 0 Å². The van der Waals surface area contributed by atoms with Crippen LogP contribution in [-0.2, 0) is 21.8 Å². The molecule has 12 heteroatoms. The first kappa shape index (κ1) is 36.2. The second-order valence-corrected chi connectivity index (χ2v) is 17.5. The highest BCUT2D eigenvalue weighted by molar-refractivity contribution is 7.90. The summed E-state index contributed by atoms with van der Waals surface area (Å²) in [7, 11) is -0.244. The molecule has 2 amide bonds. The van der Waals surface area contributed by atoms with E-state index in [1.54, 1.807) is 27.0 Å². The smallest absolute Gasteiger partial charge is 0.264 e. The molecule has 0 radical (unpaired) electrons.